The minimum atomic E-state index is -0.752. The molecule has 0 spiro atoms. The van der Waals surface area contributed by atoms with Gasteiger partial charge in [0, 0.05) is 12.7 Å². The summed E-state index contributed by atoms with van der Waals surface area (Å²) in [6.45, 7) is 7.62. The van der Waals surface area contributed by atoms with Crippen molar-refractivity contribution in [2.75, 3.05) is 7.11 Å². The Morgan fingerprint density at radius 3 is 2.45 bits per heavy atom. The van der Waals surface area contributed by atoms with Gasteiger partial charge in [-0.2, -0.15) is 0 Å². The topological polar surface area (TPSA) is 113 Å². The standard InChI is InChI=1S/C26H26O7/c1-13(2)6-8-15-24-16(11-20(33-24)26(3,4)31-5)22(29)21-23(30)17(12-32-25(15)21)14-7-9-18(27)19(28)10-14/h6-7,9-12,27-29H,8H2,1-5H3. The van der Waals surface area contributed by atoms with Crippen LogP contribution in [0.15, 0.2) is 55.8 Å². The molecule has 7 nitrogen and oxygen atoms in total. The molecule has 2 aromatic heterocycles. The van der Waals surface area contributed by atoms with E-state index in [0.29, 0.717) is 34.3 Å². The zero-order valence-corrected chi connectivity index (χ0v) is 19.1. The fourth-order valence-electron chi connectivity index (χ4n) is 3.71. The fourth-order valence-corrected chi connectivity index (χ4v) is 3.71. The van der Waals surface area contributed by atoms with E-state index in [1.54, 1.807) is 13.2 Å². The number of hydrogen-bond acceptors (Lipinski definition) is 7. The number of methoxy groups -OCH3 is 1. The Morgan fingerprint density at radius 1 is 1.09 bits per heavy atom. The summed E-state index contributed by atoms with van der Waals surface area (Å²) < 4.78 is 17.6. The number of phenolic OH excluding ortho intramolecular Hbond substituents is 3. The number of rotatable bonds is 5. The smallest absolute Gasteiger partial charge is 0.204 e. The minimum Gasteiger partial charge on any atom is -0.506 e. The zero-order valence-electron chi connectivity index (χ0n) is 19.1. The van der Waals surface area contributed by atoms with E-state index in [9.17, 15) is 20.1 Å². The molecule has 0 aliphatic heterocycles. The van der Waals surface area contributed by atoms with Crippen molar-refractivity contribution in [3.63, 3.8) is 0 Å². The van der Waals surface area contributed by atoms with Gasteiger partial charge in [-0.25, -0.2) is 0 Å². The molecule has 0 saturated heterocycles. The lowest BCUT2D eigenvalue weighted by atomic mass is 9.98. The summed E-state index contributed by atoms with van der Waals surface area (Å²) in [5.41, 5.74) is 1.63. The summed E-state index contributed by atoms with van der Waals surface area (Å²) in [5.74, 6) is -0.414. The second kappa shape index (κ2) is 8.01. The molecule has 0 atom stereocenters. The van der Waals surface area contributed by atoms with E-state index in [0.717, 1.165) is 5.57 Å². The van der Waals surface area contributed by atoms with E-state index in [-0.39, 0.29) is 33.8 Å². The Hall–Kier alpha value is -3.71. The highest BCUT2D eigenvalue weighted by Crippen LogP contribution is 2.42. The summed E-state index contributed by atoms with van der Waals surface area (Å²) in [6.07, 6.45) is 3.70. The molecule has 0 aliphatic rings. The Labute approximate surface area is 190 Å². The summed E-state index contributed by atoms with van der Waals surface area (Å²) in [7, 11) is 1.57. The summed E-state index contributed by atoms with van der Waals surface area (Å²) >= 11 is 0. The van der Waals surface area contributed by atoms with Crippen LogP contribution in [-0.2, 0) is 16.8 Å². The quantitative estimate of drug-likeness (QED) is 0.263. The fraction of sp³-hybridized carbons (Fsp3) is 0.269. The molecule has 0 aliphatic carbocycles. The van der Waals surface area contributed by atoms with Crippen LogP contribution < -0.4 is 5.43 Å². The Kier molecular flexibility index (Phi) is 5.46. The van der Waals surface area contributed by atoms with Crippen molar-refractivity contribution in [2.45, 2.75) is 39.7 Å². The van der Waals surface area contributed by atoms with Crippen molar-refractivity contribution < 1.29 is 28.9 Å². The van der Waals surface area contributed by atoms with Gasteiger partial charge in [0.25, 0.3) is 0 Å². The van der Waals surface area contributed by atoms with Crippen molar-refractivity contribution in [1.82, 2.24) is 0 Å². The third-order valence-corrected chi connectivity index (χ3v) is 5.87. The van der Waals surface area contributed by atoms with E-state index in [2.05, 4.69) is 0 Å². The van der Waals surface area contributed by atoms with Gasteiger partial charge < -0.3 is 28.9 Å². The number of furan rings is 1. The van der Waals surface area contributed by atoms with Gasteiger partial charge in [-0.05, 0) is 57.9 Å². The van der Waals surface area contributed by atoms with Gasteiger partial charge in [-0.15, -0.1) is 0 Å². The van der Waals surface area contributed by atoms with Crippen molar-refractivity contribution >= 4 is 21.9 Å². The van der Waals surface area contributed by atoms with Crippen LogP contribution in [0, 0.1) is 0 Å². The second-order valence-electron chi connectivity index (χ2n) is 8.77. The zero-order chi connectivity index (χ0) is 24.1. The first-order valence-electron chi connectivity index (χ1n) is 10.5. The highest BCUT2D eigenvalue weighted by molar-refractivity contribution is 6.05. The predicted octanol–water partition coefficient (Wildman–Crippen LogP) is 5.71. The monoisotopic (exact) mass is 450 g/mol. The van der Waals surface area contributed by atoms with E-state index in [4.69, 9.17) is 13.6 Å². The molecule has 4 rings (SSSR count). The maximum Gasteiger partial charge on any atom is 0.204 e. The third kappa shape index (κ3) is 3.74. The predicted molar refractivity (Wildman–Crippen MR) is 126 cm³/mol. The Bertz CT molecular complexity index is 1460. The number of benzene rings is 2. The number of aromatic hydroxyl groups is 3. The molecule has 2 heterocycles. The number of fused-ring (bicyclic) bond motifs is 2. The molecule has 0 bridgehead atoms. The van der Waals surface area contributed by atoms with Crippen LogP contribution >= 0.6 is 0 Å². The molecular formula is C26H26O7. The first kappa shape index (κ1) is 22.5. The van der Waals surface area contributed by atoms with Crippen molar-refractivity contribution in [3.05, 3.63) is 63.7 Å². The van der Waals surface area contributed by atoms with Gasteiger partial charge in [0.15, 0.2) is 11.5 Å². The second-order valence-corrected chi connectivity index (χ2v) is 8.77. The molecule has 7 heteroatoms. The van der Waals surface area contributed by atoms with Crippen LogP contribution in [0.2, 0.25) is 0 Å². The molecule has 2 aromatic carbocycles. The maximum absolute atomic E-state index is 13.5. The largest absolute Gasteiger partial charge is 0.506 e. The maximum atomic E-state index is 13.5. The number of allylic oxidation sites excluding steroid dienone is 2. The highest BCUT2D eigenvalue weighted by atomic mass is 16.5. The Balaban J connectivity index is 2.09. The minimum absolute atomic E-state index is 0.0206. The van der Waals surface area contributed by atoms with Crippen LogP contribution in [0.1, 0.15) is 39.0 Å². The van der Waals surface area contributed by atoms with E-state index >= 15 is 0 Å². The molecule has 0 fully saturated rings. The molecule has 172 valence electrons. The van der Waals surface area contributed by atoms with Crippen molar-refractivity contribution in [1.29, 1.82) is 0 Å². The number of phenols is 3. The molecule has 0 unspecified atom stereocenters. The normalized spacial score (nSPS) is 11.9. The van der Waals surface area contributed by atoms with Gasteiger partial charge in [-0.1, -0.05) is 17.7 Å². The molecule has 3 N–H and O–H groups in total. The number of hydrogen-bond donors (Lipinski definition) is 3. The molecule has 0 amide bonds. The van der Waals surface area contributed by atoms with E-state index in [1.165, 1.54) is 24.5 Å². The molecule has 0 saturated carbocycles. The lowest BCUT2D eigenvalue weighted by molar-refractivity contribution is 0.00210. The Morgan fingerprint density at radius 2 is 1.82 bits per heavy atom. The van der Waals surface area contributed by atoms with Gasteiger partial charge in [0.05, 0.1) is 10.9 Å². The summed E-state index contributed by atoms with van der Waals surface area (Å²) in [5, 5.41) is 31.0. The molecular weight excluding hydrogens is 424 g/mol. The van der Waals surface area contributed by atoms with Crippen LogP contribution in [0.4, 0.5) is 0 Å². The first-order valence-corrected chi connectivity index (χ1v) is 10.5. The lowest BCUT2D eigenvalue weighted by Gasteiger charge is -2.19. The van der Waals surface area contributed by atoms with Crippen molar-refractivity contribution in [3.8, 4) is 28.4 Å². The van der Waals surface area contributed by atoms with Crippen LogP contribution in [0.3, 0.4) is 0 Å². The lowest BCUT2D eigenvalue weighted by Crippen LogP contribution is -2.18. The molecule has 4 aromatic rings. The highest BCUT2D eigenvalue weighted by Gasteiger charge is 2.29. The summed E-state index contributed by atoms with van der Waals surface area (Å²) in [4.78, 5) is 13.5. The van der Waals surface area contributed by atoms with Crippen LogP contribution in [-0.4, -0.2) is 22.4 Å². The average Bonchev–Trinajstić information content (AvgIpc) is 3.22. The average molecular weight is 450 g/mol. The van der Waals surface area contributed by atoms with Gasteiger partial charge >= 0.3 is 0 Å². The number of ether oxygens (including phenoxy) is 1. The molecule has 0 radical (unpaired) electrons. The third-order valence-electron chi connectivity index (χ3n) is 5.87. The van der Waals surface area contributed by atoms with E-state index < -0.39 is 11.0 Å². The van der Waals surface area contributed by atoms with Crippen LogP contribution in [0.5, 0.6) is 17.2 Å². The van der Waals surface area contributed by atoms with Gasteiger partial charge in [0.1, 0.15) is 39.9 Å². The summed E-state index contributed by atoms with van der Waals surface area (Å²) in [6, 6.07) is 5.72. The van der Waals surface area contributed by atoms with E-state index in [1.807, 2.05) is 33.8 Å². The van der Waals surface area contributed by atoms with Gasteiger partial charge in [0.2, 0.25) is 5.43 Å². The van der Waals surface area contributed by atoms with Crippen molar-refractivity contribution in [2.24, 2.45) is 0 Å². The van der Waals surface area contributed by atoms with Gasteiger partial charge in [-0.3, -0.25) is 4.79 Å². The molecule has 33 heavy (non-hydrogen) atoms. The first-order chi connectivity index (χ1) is 15.5. The SMILES string of the molecule is COC(C)(C)c1cc2c(O)c3c(=O)c(-c4ccc(O)c(O)c4)coc3c(CC=C(C)C)c2o1. The van der Waals surface area contributed by atoms with Crippen LogP contribution in [0.25, 0.3) is 33.1 Å².